The van der Waals surface area contributed by atoms with E-state index in [-0.39, 0.29) is 11.8 Å². The SMILES string of the molecule is COc1cc([C@H](N)c2ccsc2)c(Br)c(Br)c1O. The summed E-state index contributed by atoms with van der Waals surface area (Å²) in [6, 6.07) is 3.46. The first kappa shape index (κ1) is 13.9. The lowest BCUT2D eigenvalue weighted by Crippen LogP contribution is -2.12. The normalized spacial score (nSPS) is 12.4. The predicted molar refractivity (Wildman–Crippen MR) is 80.4 cm³/mol. The van der Waals surface area contributed by atoms with E-state index in [4.69, 9.17) is 10.5 Å². The molecule has 1 aromatic carbocycles. The molecule has 0 aliphatic heterocycles. The zero-order valence-corrected chi connectivity index (χ0v) is 13.5. The molecule has 0 amide bonds. The Kier molecular flexibility index (Phi) is 4.32. The Bertz CT molecular complexity index is 558. The first-order valence-electron chi connectivity index (χ1n) is 5.08. The minimum absolute atomic E-state index is 0.0608. The molecule has 0 saturated heterocycles. The number of benzene rings is 1. The molecule has 0 fully saturated rings. The number of phenols is 1. The molecule has 0 unspecified atom stereocenters. The highest BCUT2D eigenvalue weighted by molar-refractivity contribution is 9.13. The molecule has 2 aromatic rings. The van der Waals surface area contributed by atoms with Crippen LogP contribution in [0.4, 0.5) is 0 Å². The summed E-state index contributed by atoms with van der Waals surface area (Å²) in [6.45, 7) is 0. The molecule has 1 aromatic heterocycles. The van der Waals surface area contributed by atoms with Gasteiger partial charge in [-0.1, -0.05) is 0 Å². The van der Waals surface area contributed by atoms with Crippen LogP contribution in [0.25, 0.3) is 0 Å². The number of rotatable bonds is 3. The van der Waals surface area contributed by atoms with Gasteiger partial charge in [0.15, 0.2) is 11.5 Å². The lowest BCUT2D eigenvalue weighted by molar-refractivity contribution is 0.371. The van der Waals surface area contributed by atoms with E-state index < -0.39 is 0 Å². The van der Waals surface area contributed by atoms with Crippen molar-refractivity contribution in [2.24, 2.45) is 5.73 Å². The van der Waals surface area contributed by atoms with Crippen LogP contribution in [0, 0.1) is 0 Å². The van der Waals surface area contributed by atoms with Crippen molar-refractivity contribution in [3.05, 3.63) is 43.0 Å². The average molecular weight is 393 g/mol. The summed E-state index contributed by atoms with van der Waals surface area (Å²) in [5.74, 6) is 0.455. The molecule has 0 radical (unpaired) electrons. The number of halogens is 2. The number of hydrogen-bond acceptors (Lipinski definition) is 4. The largest absolute Gasteiger partial charge is 0.503 e. The molecular weight excluding hydrogens is 382 g/mol. The highest BCUT2D eigenvalue weighted by Gasteiger charge is 2.20. The summed E-state index contributed by atoms with van der Waals surface area (Å²) in [5.41, 5.74) is 8.11. The number of thiophene rings is 1. The van der Waals surface area contributed by atoms with Crippen LogP contribution in [0.1, 0.15) is 17.2 Å². The lowest BCUT2D eigenvalue weighted by Gasteiger charge is -2.16. The lowest BCUT2D eigenvalue weighted by atomic mass is 10.0. The van der Waals surface area contributed by atoms with E-state index in [9.17, 15) is 5.11 Å². The van der Waals surface area contributed by atoms with Gasteiger partial charge in [0.1, 0.15) is 0 Å². The third-order valence-electron chi connectivity index (χ3n) is 2.63. The number of aromatic hydroxyl groups is 1. The third kappa shape index (κ3) is 2.42. The zero-order chi connectivity index (χ0) is 13.3. The molecule has 18 heavy (non-hydrogen) atoms. The molecule has 0 aliphatic carbocycles. The van der Waals surface area contributed by atoms with Crippen molar-refractivity contribution in [1.29, 1.82) is 0 Å². The number of ether oxygens (including phenoxy) is 1. The third-order valence-corrected chi connectivity index (χ3v) is 5.49. The first-order chi connectivity index (χ1) is 8.56. The van der Waals surface area contributed by atoms with E-state index in [1.165, 1.54) is 7.11 Å². The molecule has 2 rings (SSSR count). The number of methoxy groups -OCH3 is 1. The van der Waals surface area contributed by atoms with Crippen molar-refractivity contribution in [2.45, 2.75) is 6.04 Å². The van der Waals surface area contributed by atoms with Gasteiger partial charge in [-0.3, -0.25) is 0 Å². The van der Waals surface area contributed by atoms with Crippen LogP contribution in [-0.2, 0) is 0 Å². The van der Waals surface area contributed by atoms with Gasteiger partial charge in [-0.25, -0.2) is 0 Å². The van der Waals surface area contributed by atoms with Gasteiger partial charge in [-0.15, -0.1) is 0 Å². The second-order valence-electron chi connectivity index (χ2n) is 3.68. The molecule has 6 heteroatoms. The first-order valence-corrected chi connectivity index (χ1v) is 7.61. The monoisotopic (exact) mass is 391 g/mol. The molecule has 0 bridgehead atoms. The van der Waals surface area contributed by atoms with Gasteiger partial charge in [-0.05, 0) is 65.9 Å². The van der Waals surface area contributed by atoms with E-state index in [0.29, 0.717) is 10.2 Å². The van der Waals surface area contributed by atoms with Gasteiger partial charge in [0, 0.05) is 4.47 Å². The Morgan fingerprint density at radius 2 is 2.11 bits per heavy atom. The topological polar surface area (TPSA) is 55.5 Å². The van der Waals surface area contributed by atoms with Crippen LogP contribution in [0.3, 0.4) is 0 Å². The van der Waals surface area contributed by atoms with Gasteiger partial charge in [0.05, 0.1) is 17.6 Å². The quantitative estimate of drug-likeness (QED) is 0.828. The summed E-state index contributed by atoms with van der Waals surface area (Å²) >= 11 is 8.36. The number of hydrogen-bond donors (Lipinski definition) is 2. The predicted octanol–water partition coefficient (Wildman–Crippen LogP) is 4.04. The maximum Gasteiger partial charge on any atom is 0.173 e. The molecule has 0 aliphatic rings. The number of nitrogens with two attached hydrogens (primary N) is 1. The molecule has 1 atom stereocenters. The number of phenolic OH excluding ortho intramolecular Hbond substituents is 1. The van der Waals surface area contributed by atoms with Crippen LogP contribution in [0.15, 0.2) is 31.8 Å². The van der Waals surface area contributed by atoms with E-state index in [0.717, 1.165) is 15.6 Å². The van der Waals surface area contributed by atoms with Crippen LogP contribution in [0.5, 0.6) is 11.5 Å². The van der Waals surface area contributed by atoms with E-state index >= 15 is 0 Å². The van der Waals surface area contributed by atoms with Crippen molar-refractivity contribution >= 4 is 43.2 Å². The smallest absolute Gasteiger partial charge is 0.173 e. The Labute approximate surface area is 126 Å². The van der Waals surface area contributed by atoms with Gasteiger partial charge in [-0.2, -0.15) is 11.3 Å². The van der Waals surface area contributed by atoms with Crippen LogP contribution < -0.4 is 10.5 Å². The second kappa shape index (κ2) is 5.61. The van der Waals surface area contributed by atoms with Gasteiger partial charge in [0.25, 0.3) is 0 Å². The fourth-order valence-electron chi connectivity index (χ4n) is 1.63. The summed E-state index contributed by atoms with van der Waals surface area (Å²) in [6.07, 6.45) is 0. The molecule has 96 valence electrons. The average Bonchev–Trinajstić information content (AvgIpc) is 2.89. The van der Waals surface area contributed by atoms with Crippen molar-refractivity contribution in [3.63, 3.8) is 0 Å². The van der Waals surface area contributed by atoms with Crippen LogP contribution in [-0.4, -0.2) is 12.2 Å². The van der Waals surface area contributed by atoms with Crippen molar-refractivity contribution in [3.8, 4) is 11.5 Å². The van der Waals surface area contributed by atoms with Gasteiger partial charge < -0.3 is 15.6 Å². The summed E-state index contributed by atoms with van der Waals surface area (Å²) in [7, 11) is 1.51. The molecule has 3 N–H and O–H groups in total. The summed E-state index contributed by atoms with van der Waals surface area (Å²) < 4.78 is 6.41. The van der Waals surface area contributed by atoms with Gasteiger partial charge >= 0.3 is 0 Å². The zero-order valence-electron chi connectivity index (χ0n) is 9.48. The van der Waals surface area contributed by atoms with Gasteiger partial charge in [0.2, 0.25) is 0 Å². The maximum atomic E-state index is 9.87. The Morgan fingerprint density at radius 3 is 2.67 bits per heavy atom. The molecule has 1 heterocycles. The van der Waals surface area contributed by atoms with Crippen molar-refractivity contribution < 1.29 is 9.84 Å². The molecule has 0 spiro atoms. The Morgan fingerprint density at radius 1 is 1.39 bits per heavy atom. The molecule has 3 nitrogen and oxygen atoms in total. The Balaban J connectivity index is 2.54. The minimum atomic E-state index is -0.267. The molecular formula is C12H11Br2NO2S. The standard InChI is InChI=1S/C12H11Br2NO2S/c1-17-8-4-7(9(13)10(14)12(8)16)11(15)6-2-3-18-5-6/h2-5,11,16H,15H2,1H3/t11-/m1/s1. The molecule has 0 saturated carbocycles. The van der Waals surface area contributed by atoms with Crippen LogP contribution >= 0.6 is 43.2 Å². The summed E-state index contributed by atoms with van der Waals surface area (Å²) in [4.78, 5) is 0. The van der Waals surface area contributed by atoms with Crippen LogP contribution in [0.2, 0.25) is 0 Å². The second-order valence-corrected chi connectivity index (χ2v) is 6.05. The van der Waals surface area contributed by atoms with E-state index in [1.807, 2.05) is 16.8 Å². The fourth-order valence-corrected chi connectivity index (χ4v) is 3.29. The fraction of sp³-hybridized carbons (Fsp3) is 0.167. The summed E-state index contributed by atoms with van der Waals surface area (Å²) in [5, 5.41) is 13.9. The van der Waals surface area contributed by atoms with Crippen molar-refractivity contribution in [1.82, 2.24) is 0 Å². The highest BCUT2D eigenvalue weighted by Crippen LogP contribution is 2.44. The van der Waals surface area contributed by atoms with E-state index in [1.54, 1.807) is 17.4 Å². The van der Waals surface area contributed by atoms with Crippen molar-refractivity contribution in [2.75, 3.05) is 7.11 Å². The van der Waals surface area contributed by atoms with E-state index in [2.05, 4.69) is 31.9 Å². The Hall–Kier alpha value is -0.560. The highest BCUT2D eigenvalue weighted by atomic mass is 79.9. The minimum Gasteiger partial charge on any atom is -0.503 e. The maximum absolute atomic E-state index is 9.87.